The van der Waals surface area contributed by atoms with Crippen molar-refractivity contribution >= 4 is 11.9 Å². The molecule has 0 saturated carbocycles. The number of furan rings is 1. The number of nitrogens with one attached hydrogen (secondary N) is 4. The minimum atomic E-state index is 0.116. The van der Waals surface area contributed by atoms with E-state index in [1.54, 1.807) is 25.3 Å². The average Bonchev–Trinajstić information content (AvgIpc) is 2.70. The fraction of sp³-hybridized carbons (Fsp3) is 0.400. The molecule has 0 amide bonds. The molecule has 1 heterocycles. The molecular weight excluding hydrogens is 206 g/mol. The van der Waals surface area contributed by atoms with Crippen LogP contribution >= 0.6 is 0 Å². The molecule has 0 aliphatic rings. The van der Waals surface area contributed by atoms with E-state index in [4.69, 9.17) is 15.2 Å². The van der Waals surface area contributed by atoms with Crippen LogP contribution in [0, 0.1) is 10.8 Å². The molecule has 0 fully saturated rings. The first-order valence-electron chi connectivity index (χ1n) is 4.97. The second kappa shape index (κ2) is 5.79. The average molecular weight is 223 g/mol. The smallest absolute Gasteiger partial charge is 0.197 e. The van der Waals surface area contributed by atoms with E-state index in [2.05, 4.69) is 10.6 Å². The Morgan fingerprint density at radius 1 is 1.44 bits per heavy atom. The number of guanidine groups is 2. The monoisotopic (exact) mass is 223 g/mol. The van der Waals surface area contributed by atoms with Gasteiger partial charge in [-0.15, -0.1) is 0 Å². The zero-order chi connectivity index (χ0) is 12.0. The van der Waals surface area contributed by atoms with Crippen LogP contribution in [0.25, 0.3) is 0 Å². The molecule has 0 aromatic carbocycles. The largest absolute Gasteiger partial charge is 0.469 e. The number of rotatable bonds is 3. The molecule has 4 N–H and O–H groups in total. The van der Waals surface area contributed by atoms with Gasteiger partial charge in [-0.3, -0.25) is 16.1 Å². The molecule has 0 spiro atoms. The Kier molecular flexibility index (Phi) is 4.38. The molecule has 0 radical (unpaired) electrons. The van der Waals surface area contributed by atoms with Gasteiger partial charge in [-0.1, -0.05) is 0 Å². The molecule has 16 heavy (non-hydrogen) atoms. The summed E-state index contributed by atoms with van der Waals surface area (Å²) in [6, 6.07) is 3.72. The fourth-order valence-electron chi connectivity index (χ4n) is 1.04. The van der Waals surface area contributed by atoms with Crippen molar-refractivity contribution in [2.24, 2.45) is 0 Å². The standard InChI is InChI=1S/C10H17N5O/c1-15(2)10(12)14-9(11)13-6-5-8-4-3-7-16-8/h3-4,7H,5-6H2,1-2H3,(H4,11,12,13,14). The Balaban J connectivity index is 2.18. The first kappa shape index (κ1) is 12.1. The quantitative estimate of drug-likeness (QED) is 0.442. The lowest BCUT2D eigenvalue weighted by atomic mass is 10.3. The highest BCUT2D eigenvalue weighted by Gasteiger charge is 2.02. The first-order valence-corrected chi connectivity index (χ1v) is 4.97. The Bertz CT molecular complexity index is 344. The molecule has 0 aliphatic carbocycles. The predicted octanol–water partition coefficient (Wildman–Crippen LogP) is 0.432. The highest BCUT2D eigenvalue weighted by atomic mass is 16.3. The summed E-state index contributed by atoms with van der Waals surface area (Å²) in [5.41, 5.74) is 0. The summed E-state index contributed by atoms with van der Waals surface area (Å²) in [5.74, 6) is 1.17. The lowest BCUT2D eigenvalue weighted by Gasteiger charge is -2.16. The van der Waals surface area contributed by atoms with Gasteiger partial charge in [-0.2, -0.15) is 0 Å². The van der Waals surface area contributed by atoms with Crippen molar-refractivity contribution in [3.8, 4) is 0 Å². The summed E-state index contributed by atoms with van der Waals surface area (Å²) < 4.78 is 5.15. The Morgan fingerprint density at radius 3 is 2.75 bits per heavy atom. The summed E-state index contributed by atoms with van der Waals surface area (Å²) in [7, 11) is 3.48. The van der Waals surface area contributed by atoms with E-state index in [0.29, 0.717) is 13.0 Å². The van der Waals surface area contributed by atoms with Crippen LogP contribution < -0.4 is 10.6 Å². The highest BCUT2D eigenvalue weighted by molar-refractivity contribution is 5.95. The van der Waals surface area contributed by atoms with E-state index in [0.717, 1.165) is 5.76 Å². The van der Waals surface area contributed by atoms with Crippen molar-refractivity contribution in [3.63, 3.8) is 0 Å². The van der Waals surface area contributed by atoms with Crippen molar-refractivity contribution in [3.05, 3.63) is 24.2 Å². The van der Waals surface area contributed by atoms with Crippen LogP contribution in [0.3, 0.4) is 0 Å². The van der Waals surface area contributed by atoms with Gasteiger partial charge in [-0.05, 0) is 12.1 Å². The van der Waals surface area contributed by atoms with E-state index < -0.39 is 0 Å². The van der Waals surface area contributed by atoms with Crippen LogP contribution in [0.4, 0.5) is 0 Å². The Hall–Kier alpha value is -1.98. The van der Waals surface area contributed by atoms with Gasteiger partial charge >= 0.3 is 0 Å². The lowest BCUT2D eigenvalue weighted by molar-refractivity contribution is 0.507. The van der Waals surface area contributed by atoms with Gasteiger partial charge in [0.1, 0.15) is 5.76 Å². The number of nitrogens with zero attached hydrogens (tertiary/aromatic N) is 1. The van der Waals surface area contributed by atoms with E-state index in [1.165, 1.54) is 0 Å². The Labute approximate surface area is 94.6 Å². The molecule has 0 atom stereocenters. The van der Waals surface area contributed by atoms with Gasteiger partial charge in [0.15, 0.2) is 11.9 Å². The van der Waals surface area contributed by atoms with Crippen LogP contribution in [0.2, 0.25) is 0 Å². The molecule has 6 nitrogen and oxygen atoms in total. The van der Waals surface area contributed by atoms with Crippen molar-refractivity contribution in [2.75, 3.05) is 20.6 Å². The van der Waals surface area contributed by atoms with Crippen LogP contribution in [-0.2, 0) is 6.42 Å². The van der Waals surface area contributed by atoms with Crippen LogP contribution in [0.5, 0.6) is 0 Å². The molecule has 1 aromatic rings. The van der Waals surface area contributed by atoms with Gasteiger partial charge in [0.05, 0.1) is 6.26 Å². The molecule has 0 unspecified atom stereocenters. The van der Waals surface area contributed by atoms with Gasteiger partial charge in [-0.25, -0.2) is 0 Å². The van der Waals surface area contributed by atoms with Crippen molar-refractivity contribution in [2.45, 2.75) is 6.42 Å². The number of hydrogen-bond donors (Lipinski definition) is 4. The minimum Gasteiger partial charge on any atom is -0.469 e. The maximum Gasteiger partial charge on any atom is 0.197 e. The topological polar surface area (TPSA) is 88.1 Å². The third-order valence-corrected chi connectivity index (χ3v) is 1.94. The van der Waals surface area contributed by atoms with Crippen LogP contribution in [-0.4, -0.2) is 37.5 Å². The minimum absolute atomic E-state index is 0.116. The van der Waals surface area contributed by atoms with Crippen LogP contribution in [0.1, 0.15) is 5.76 Å². The zero-order valence-electron chi connectivity index (χ0n) is 9.50. The van der Waals surface area contributed by atoms with Crippen molar-refractivity contribution in [1.82, 2.24) is 15.5 Å². The number of hydrogen-bond acceptors (Lipinski definition) is 3. The van der Waals surface area contributed by atoms with E-state index >= 15 is 0 Å². The lowest BCUT2D eigenvalue weighted by Crippen LogP contribution is -2.45. The van der Waals surface area contributed by atoms with E-state index in [9.17, 15) is 0 Å². The van der Waals surface area contributed by atoms with Gasteiger partial charge in [0.25, 0.3) is 0 Å². The molecule has 1 rings (SSSR count). The Morgan fingerprint density at radius 2 is 2.19 bits per heavy atom. The summed E-state index contributed by atoms with van der Waals surface area (Å²) in [6.45, 7) is 0.597. The van der Waals surface area contributed by atoms with Gasteiger partial charge < -0.3 is 14.6 Å². The van der Waals surface area contributed by atoms with Gasteiger partial charge in [0.2, 0.25) is 0 Å². The second-order valence-corrected chi connectivity index (χ2v) is 3.50. The summed E-state index contributed by atoms with van der Waals surface area (Å²) in [6.07, 6.45) is 2.34. The third kappa shape index (κ3) is 4.04. The van der Waals surface area contributed by atoms with Gasteiger partial charge in [0, 0.05) is 27.1 Å². The molecule has 0 saturated heterocycles. The normalized spacial score (nSPS) is 9.62. The maximum absolute atomic E-state index is 7.52. The molecule has 0 aliphatic heterocycles. The van der Waals surface area contributed by atoms with E-state index in [-0.39, 0.29) is 11.9 Å². The molecule has 1 aromatic heterocycles. The highest BCUT2D eigenvalue weighted by Crippen LogP contribution is 1.99. The van der Waals surface area contributed by atoms with Crippen molar-refractivity contribution < 1.29 is 4.42 Å². The SMILES string of the molecule is CN(C)C(=N)NC(=N)NCCc1ccco1. The third-order valence-electron chi connectivity index (χ3n) is 1.94. The second-order valence-electron chi connectivity index (χ2n) is 3.50. The van der Waals surface area contributed by atoms with E-state index in [1.807, 2.05) is 12.1 Å². The zero-order valence-corrected chi connectivity index (χ0v) is 9.50. The fourth-order valence-corrected chi connectivity index (χ4v) is 1.04. The molecule has 0 bridgehead atoms. The van der Waals surface area contributed by atoms with Crippen LogP contribution in [0.15, 0.2) is 22.8 Å². The summed E-state index contributed by atoms with van der Waals surface area (Å²) in [4.78, 5) is 1.59. The molecule has 88 valence electrons. The maximum atomic E-state index is 7.52. The van der Waals surface area contributed by atoms with Crippen molar-refractivity contribution in [1.29, 1.82) is 10.8 Å². The molecular formula is C10H17N5O. The predicted molar refractivity (Wildman–Crippen MR) is 62.7 cm³/mol. The first-order chi connectivity index (χ1) is 7.59. The summed E-state index contributed by atoms with van der Waals surface area (Å²) in [5, 5.41) is 20.4. The molecule has 6 heteroatoms. The summed E-state index contributed by atoms with van der Waals surface area (Å²) >= 11 is 0.